The molecule has 0 fully saturated rings. The van der Waals surface area contributed by atoms with Gasteiger partial charge in [-0.3, -0.25) is 4.68 Å². The molecule has 0 aromatic carbocycles. The lowest BCUT2D eigenvalue weighted by molar-refractivity contribution is 0.0800. The molecule has 3 nitrogen and oxygen atoms in total. The van der Waals surface area contributed by atoms with Gasteiger partial charge in [0.05, 0.1) is 30.8 Å². The molecule has 0 saturated heterocycles. The van der Waals surface area contributed by atoms with E-state index < -0.39 is 13.1 Å². The van der Waals surface area contributed by atoms with Gasteiger partial charge in [-0.25, -0.2) is 0 Å². The summed E-state index contributed by atoms with van der Waals surface area (Å²) in [4.78, 5) is 0. The van der Waals surface area contributed by atoms with E-state index >= 15 is 0 Å². The van der Waals surface area contributed by atoms with Gasteiger partial charge < -0.3 is 4.74 Å². The quantitative estimate of drug-likeness (QED) is 0.506. The summed E-state index contributed by atoms with van der Waals surface area (Å²) < 4.78 is 35.6. The van der Waals surface area contributed by atoms with Crippen molar-refractivity contribution in [2.75, 3.05) is 6.61 Å². The third kappa shape index (κ3) is 0.733. The number of hydrogen-bond donors (Lipinski definition) is 0. The highest BCUT2D eigenvalue weighted by atomic mass is 16.5. The van der Waals surface area contributed by atoms with Gasteiger partial charge in [-0.05, 0) is 6.07 Å². The van der Waals surface area contributed by atoms with Crippen molar-refractivity contribution in [1.82, 2.24) is 9.78 Å². The van der Waals surface area contributed by atoms with Crippen LogP contribution in [0.2, 0.25) is 0 Å². The standard InChI is InChI=1S/C6H8N2O/c1-2-7-8-3-4-9-5-6(1)8/h1-2H,3-5H2/i3D2,5D2. The van der Waals surface area contributed by atoms with Crippen molar-refractivity contribution >= 4 is 0 Å². The summed E-state index contributed by atoms with van der Waals surface area (Å²) in [6.07, 6.45) is 1.36. The summed E-state index contributed by atoms with van der Waals surface area (Å²) in [6.45, 7) is -4.03. The Morgan fingerprint density at radius 3 is 3.78 bits per heavy atom. The van der Waals surface area contributed by atoms with E-state index in [0.717, 1.165) is 4.68 Å². The van der Waals surface area contributed by atoms with Gasteiger partial charge in [0.1, 0.15) is 0 Å². The summed E-state index contributed by atoms with van der Waals surface area (Å²) in [5.74, 6) is 0. The van der Waals surface area contributed by atoms with E-state index in [9.17, 15) is 0 Å². The first-order valence-electron chi connectivity index (χ1n) is 4.62. The van der Waals surface area contributed by atoms with Crippen molar-refractivity contribution in [3.63, 3.8) is 0 Å². The first-order valence-corrected chi connectivity index (χ1v) is 2.62. The Kier molecular flexibility index (Phi) is 0.496. The van der Waals surface area contributed by atoms with E-state index in [1.54, 1.807) is 0 Å². The molecule has 0 amide bonds. The van der Waals surface area contributed by atoms with Gasteiger partial charge in [-0.2, -0.15) is 5.10 Å². The molecule has 48 valence electrons. The summed E-state index contributed by atoms with van der Waals surface area (Å²) >= 11 is 0. The fraction of sp³-hybridized carbons (Fsp3) is 0.500. The van der Waals surface area contributed by atoms with Crippen LogP contribution in [0.4, 0.5) is 0 Å². The number of ether oxygens (including phenoxy) is 1. The molecule has 0 bridgehead atoms. The van der Waals surface area contributed by atoms with Crippen molar-refractivity contribution in [1.29, 1.82) is 0 Å². The van der Waals surface area contributed by atoms with Crippen LogP contribution in [0.1, 0.15) is 11.2 Å². The highest BCUT2D eigenvalue weighted by Gasteiger charge is 2.06. The van der Waals surface area contributed by atoms with Crippen LogP contribution in [0.3, 0.4) is 0 Å². The van der Waals surface area contributed by atoms with Crippen LogP contribution in [0, 0.1) is 0 Å². The smallest absolute Gasteiger partial charge is 0.0885 e. The maximum absolute atomic E-state index is 7.48. The lowest BCUT2D eigenvalue weighted by Crippen LogP contribution is -2.16. The highest BCUT2D eigenvalue weighted by molar-refractivity contribution is 4.99. The van der Waals surface area contributed by atoms with Gasteiger partial charge in [0.25, 0.3) is 0 Å². The Hall–Kier alpha value is -0.830. The molecule has 1 aliphatic rings. The minimum atomic E-state index is -1.94. The second-order valence-corrected chi connectivity index (χ2v) is 1.68. The maximum Gasteiger partial charge on any atom is 0.0885 e. The second kappa shape index (κ2) is 1.84. The second-order valence-electron chi connectivity index (χ2n) is 1.68. The number of aromatic nitrogens is 2. The molecule has 0 spiro atoms. The Morgan fingerprint density at radius 1 is 1.89 bits per heavy atom. The van der Waals surface area contributed by atoms with E-state index in [-0.39, 0.29) is 12.3 Å². The molecule has 0 saturated carbocycles. The van der Waals surface area contributed by atoms with E-state index in [4.69, 9.17) is 10.2 Å². The lowest BCUT2D eigenvalue weighted by Gasteiger charge is -2.12. The van der Waals surface area contributed by atoms with Gasteiger partial charge in [0.2, 0.25) is 0 Å². The maximum atomic E-state index is 7.48. The van der Waals surface area contributed by atoms with Crippen molar-refractivity contribution < 1.29 is 10.2 Å². The SMILES string of the molecule is [2H]C1([2H])OCC([2H])([2H])n2nccc21. The van der Waals surface area contributed by atoms with E-state index in [0.29, 0.717) is 0 Å². The van der Waals surface area contributed by atoms with Crippen LogP contribution in [0.15, 0.2) is 12.3 Å². The van der Waals surface area contributed by atoms with Gasteiger partial charge in [0, 0.05) is 6.20 Å². The third-order valence-electron chi connectivity index (χ3n) is 1.11. The van der Waals surface area contributed by atoms with E-state index in [2.05, 4.69) is 5.10 Å². The molecule has 3 heteroatoms. The van der Waals surface area contributed by atoms with Gasteiger partial charge >= 0.3 is 0 Å². The third-order valence-corrected chi connectivity index (χ3v) is 1.11. The predicted octanol–water partition coefficient (Wildman–Crippen LogP) is 0.413. The van der Waals surface area contributed by atoms with Gasteiger partial charge in [-0.15, -0.1) is 0 Å². The zero-order valence-electron chi connectivity index (χ0n) is 8.66. The first-order chi connectivity index (χ1) is 5.93. The Labute approximate surface area is 58.9 Å². The minimum absolute atomic E-state index is 0.115. The fourth-order valence-corrected chi connectivity index (χ4v) is 0.710. The van der Waals surface area contributed by atoms with Crippen LogP contribution in [-0.4, -0.2) is 16.4 Å². The van der Waals surface area contributed by atoms with Crippen molar-refractivity contribution in [3.8, 4) is 0 Å². The molecule has 0 aliphatic carbocycles. The molecule has 1 aliphatic heterocycles. The highest BCUT2D eigenvalue weighted by Crippen LogP contribution is 2.05. The molecule has 0 atom stereocenters. The number of rotatable bonds is 0. The summed E-state index contributed by atoms with van der Waals surface area (Å²) in [5, 5.41) is 3.73. The van der Waals surface area contributed by atoms with Crippen LogP contribution in [0.5, 0.6) is 0 Å². The Bertz CT molecular complexity index is 305. The van der Waals surface area contributed by atoms with Crippen LogP contribution in [-0.2, 0) is 17.8 Å². The number of hydrogen-bond acceptors (Lipinski definition) is 2. The topological polar surface area (TPSA) is 27.1 Å². The Morgan fingerprint density at radius 2 is 2.89 bits per heavy atom. The van der Waals surface area contributed by atoms with Crippen molar-refractivity contribution in [2.24, 2.45) is 0 Å². The van der Waals surface area contributed by atoms with Gasteiger partial charge in [0.15, 0.2) is 0 Å². The van der Waals surface area contributed by atoms with Crippen LogP contribution in [0.25, 0.3) is 0 Å². The van der Waals surface area contributed by atoms with Crippen molar-refractivity contribution in [2.45, 2.75) is 13.1 Å². The molecular formula is C6H8N2O. The molecule has 0 radical (unpaired) electrons. The van der Waals surface area contributed by atoms with Crippen molar-refractivity contribution in [3.05, 3.63) is 18.0 Å². The largest absolute Gasteiger partial charge is 0.373 e. The molecule has 2 rings (SSSR count). The zero-order chi connectivity index (χ0) is 9.69. The molecule has 2 heterocycles. The summed E-state index contributed by atoms with van der Waals surface area (Å²) in [7, 11) is 0. The molecule has 0 unspecified atom stereocenters. The average Bonchev–Trinajstić information content (AvgIpc) is 2.48. The molecule has 0 N–H and O–H groups in total. The first kappa shape index (κ1) is 2.42. The van der Waals surface area contributed by atoms with E-state index in [1.165, 1.54) is 12.3 Å². The molecule has 1 aromatic rings. The normalized spacial score (nSPS) is 35.1. The monoisotopic (exact) mass is 128 g/mol. The zero-order valence-corrected chi connectivity index (χ0v) is 4.66. The van der Waals surface area contributed by atoms with Crippen LogP contribution >= 0.6 is 0 Å². The Balaban J connectivity index is 2.56. The fourth-order valence-electron chi connectivity index (χ4n) is 0.710. The van der Waals surface area contributed by atoms with Crippen LogP contribution < -0.4 is 0 Å². The summed E-state index contributed by atoms with van der Waals surface area (Å²) in [6, 6.07) is 1.41. The summed E-state index contributed by atoms with van der Waals surface area (Å²) in [5.41, 5.74) is 0.115. The predicted molar refractivity (Wildman–Crippen MR) is 31.9 cm³/mol. The number of fused-ring (bicyclic) bond motifs is 1. The lowest BCUT2D eigenvalue weighted by atomic mass is 10.4. The number of nitrogens with zero attached hydrogens (tertiary/aromatic N) is 2. The average molecular weight is 128 g/mol. The molecular weight excluding hydrogens is 116 g/mol. The molecule has 1 aromatic heterocycles. The van der Waals surface area contributed by atoms with E-state index in [1.807, 2.05) is 0 Å². The minimum Gasteiger partial charge on any atom is -0.373 e. The van der Waals surface area contributed by atoms with Gasteiger partial charge in [-0.1, -0.05) is 0 Å². The molecule has 9 heavy (non-hydrogen) atoms.